The molecule has 2 heteroatoms. The van der Waals surface area contributed by atoms with Gasteiger partial charge in [0, 0.05) is 0 Å². The van der Waals surface area contributed by atoms with E-state index >= 15 is 0 Å². The average molecular weight is 377 g/mol. The van der Waals surface area contributed by atoms with Crippen molar-refractivity contribution < 1.29 is 0 Å². The van der Waals surface area contributed by atoms with E-state index in [1.54, 1.807) is 0 Å². The van der Waals surface area contributed by atoms with Crippen molar-refractivity contribution in [1.29, 1.82) is 0 Å². The maximum atomic E-state index is 3.63. The summed E-state index contributed by atoms with van der Waals surface area (Å²) >= 11 is 0. The van der Waals surface area contributed by atoms with Crippen molar-refractivity contribution >= 4 is 21.3 Å². The molecule has 0 amide bonds. The van der Waals surface area contributed by atoms with Gasteiger partial charge in [0.15, 0.2) is 0 Å². The Hall–Kier alpha value is -0.140. The summed E-state index contributed by atoms with van der Waals surface area (Å²) in [7, 11) is 2.61. The Bertz CT molecular complexity index is 637. The second-order valence-electron chi connectivity index (χ2n) is 11.2. The van der Waals surface area contributed by atoms with Crippen molar-refractivity contribution in [3.8, 4) is 5.63 Å². The van der Waals surface area contributed by atoms with E-state index < -0.39 is 0 Å². The molecule has 1 aromatic rings. The second kappa shape index (κ2) is 7.47. The first-order valence-corrected chi connectivity index (χ1v) is 11.8. The summed E-state index contributed by atoms with van der Waals surface area (Å²) in [5.41, 5.74) is 8.65. The van der Waals surface area contributed by atoms with Crippen LogP contribution < -0.4 is 5.30 Å². The van der Waals surface area contributed by atoms with Crippen LogP contribution in [0.4, 0.5) is 0 Å². The van der Waals surface area contributed by atoms with E-state index in [1.807, 2.05) is 0 Å². The van der Waals surface area contributed by atoms with Crippen molar-refractivity contribution in [3.05, 3.63) is 28.8 Å². The second-order valence-corrected chi connectivity index (χ2v) is 13.5. The van der Waals surface area contributed by atoms with Crippen LogP contribution in [0, 0.1) is 11.0 Å². The normalized spacial score (nSPS) is 14.1. The van der Waals surface area contributed by atoms with Crippen LogP contribution in [-0.4, -0.2) is 0 Å². The summed E-state index contributed by atoms with van der Waals surface area (Å²) in [5.74, 6) is 0. The Morgan fingerprint density at radius 1 is 0.680 bits per heavy atom. The Morgan fingerprint density at radius 2 is 1.08 bits per heavy atom. The van der Waals surface area contributed by atoms with E-state index in [-0.39, 0.29) is 21.7 Å². The van der Waals surface area contributed by atoms with E-state index in [2.05, 4.69) is 101 Å². The molecule has 0 aliphatic heterocycles. The summed E-state index contributed by atoms with van der Waals surface area (Å²) in [6, 6.07) is 4.92. The van der Waals surface area contributed by atoms with Crippen LogP contribution in [0.15, 0.2) is 12.1 Å². The maximum absolute atomic E-state index is 3.63. The first-order chi connectivity index (χ1) is 10.9. The number of hydrogen-bond donors (Lipinski definition) is 0. The van der Waals surface area contributed by atoms with E-state index in [4.69, 9.17) is 0 Å². The van der Waals surface area contributed by atoms with Crippen LogP contribution in [0.25, 0.3) is 0 Å². The van der Waals surface area contributed by atoms with E-state index in [1.165, 1.54) is 38.0 Å². The van der Waals surface area contributed by atoms with E-state index in [9.17, 15) is 0 Å². The van der Waals surface area contributed by atoms with Gasteiger partial charge in [-0.3, -0.25) is 0 Å². The van der Waals surface area contributed by atoms with Gasteiger partial charge in [-0.05, 0) is 0 Å². The average Bonchev–Trinajstić information content (AvgIpc) is 2.33. The van der Waals surface area contributed by atoms with E-state index in [0.717, 1.165) is 0 Å². The molecule has 25 heavy (non-hydrogen) atoms. The summed E-state index contributed by atoms with van der Waals surface area (Å²) in [6.07, 6.45) is 0. The Kier molecular flexibility index (Phi) is 6.84. The predicted octanol–water partition coefficient (Wildman–Crippen LogP) is 8.02. The molecule has 0 unspecified atom stereocenters. The van der Waals surface area contributed by atoms with Gasteiger partial charge in [0.25, 0.3) is 0 Å². The van der Waals surface area contributed by atoms with Crippen LogP contribution >= 0.6 is 16.0 Å². The molecule has 0 saturated carbocycles. The van der Waals surface area contributed by atoms with Gasteiger partial charge in [0.2, 0.25) is 0 Å². The molecule has 0 atom stereocenters. The molecule has 0 spiro atoms. The van der Waals surface area contributed by atoms with Gasteiger partial charge in [-0.25, -0.2) is 0 Å². The van der Waals surface area contributed by atoms with Crippen LogP contribution in [0.5, 0.6) is 0 Å². The molecule has 0 aliphatic carbocycles. The summed E-state index contributed by atoms with van der Waals surface area (Å²) < 4.78 is 0. The molecule has 0 N–H and O–H groups in total. The van der Waals surface area contributed by atoms with Gasteiger partial charge in [0.1, 0.15) is 0 Å². The zero-order valence-electron chi connectivity index (χ0n) is 18.5. The minimum absolute atomic E-state index is 0.140. The zero-order chi connectivity index (χ0) is 19.8. The minimum atomic E-state index is 0.140. The van der Waals surface area contributed by atoms with Gasteiger partial charge < -0.3 is 0 Å². The SMILES string of the molecule is CC(C)(C)C#[P+][P-]c1c(C(C)(C)C)cc(C(C)(C)C)cc1C(C)(C)C. The summed E-state index contributed by atoms with van der Waals surface area (Å²) in [4.78, 5) is 0. The zero-order valence-corrected chi connectivity index (χ0v) is 20.3. The topological polar surface area (TPSA) is 0 Å². The molecule has 1 aromatic carbocycles. The standard InChI is InChI=1S/C23H38P2/c1-20(2,3)15-24-25-19-17(22(7,8)9)13-16(21(4,5)6)14-18(19)23(10,11)12/h13-14H,1-12H3. The number of hydrogen-bond acceptors (Lipinski definition) is 0. The molecule has 0 radical (unpaired) electrons. The van der Waals surface area contributed by atoms with Crippen molar-refractivity contribution in [2.24, 2.45) is 5.41 Å². The van der Waals surface area contributed by atoms with Gasteiger partial charge in [0.05, 0.1) is 0 Å². The van der Waals surface area contributed by atoms with Crippen LogP contribution in [0.1, 0.15) is 99.8 Å². The van der Waals surface area contributed by atoms with E-state index in [0.29, 0.717) is 0 Å². The molecule has 0 fully saturated rings. The first kappa shape index (κ1) is 22.9. The Labute approximate surface area is 160 Å². The molecular formula is C23H38P2. The molecular weight excluding hydrogens is 338 g/mol. The van der Waals surface area contributed by atoms with Crippen LogP contribution in [0.2, 0.25) is 0 Å². The molecule has 0 saturated heterocycles. The van der Waals surface area contributed by atoms with Crippen molar-refractivity contribution in [3.63, 3.8) is 0 Å². The molecule has 1 rings (SSSR count). The quantitative estimate of drug-likeness (QED) is 0.435. The molecule has 140 valence electrons. The third-order valence-electron chi connectivity index (χ3n) is 4.13. The Balaban J connectivity index is 3.73. The number of benzene rings is 1. The third kappa shape index (κ3) is 6.83. The summed E-state index contributed by atoms with van der Waals surface area (Å²) in [5, 5.41) is 1.51. The molecule has 0 nitrogen and oxygen atoms in total. The van der Waals surface area contributed by atoms with Crippen LogP contribution in [0.3, 0.4) is 0 Å². The van der Waals surface area contributed by atoms with Crippen LogP contribution in [-0.2, 0) is 16.2 Å². The molecule has 0 aromatic heterocycles. The molecule has 0 aliphatic rings. The molecule has 0 bridgehead atoms. The predicted molar refractivity (Wildman–Crippen MR) is 119 cm³/mol. The first-order valence-electron chi connectivity index (χ1n) is 9.30. The van der Waals surface area contributed by atoms with Crippen molar-refractivity contribution in [2.75, 3.05) is 0 Å². The van der Waals surface area contributed by atoms with Gasteiger partial charge in [-0.1, -0.05) is 0 Å². The Morgan fingerprint density at radius 3 is 1.36 bits per heavy atom. The summed E-state index contributed by atoms with van der Waals surface area (Å²) in [6.45, 7) is 27.7. The van der Waals surface area contributed by atoms with Crippen molar-refractivity contribution in [2.45, 2.75) is 99.3 Å². The number of rotatable bonds is 1. The fourth-order valence-corrected chi connectivity index (χ4v) is 6.01. The fraction of sp³-hybridized carbons (Fsp3) is 0.696. The monoisotopic (exact) mass is 376 g/mol. The van der Waals surface area contributed by atoms with Gasteiger partial charge >= 0.3 is 160 Å². The van der Waals surface area contributed by atoms with Gasteiger partial charge in [-0.2, -0.15) is 0 Å². The third-order valence-corrected chi connectivity index (χ3v) is 6.88. The molecule has 0 heterocycles. The fourth-order valence-electron chi connectivity index (χ4n) is 2.54. The van der Waals surface area contributed by atoms with Crippen molar-refractivity contribution in [1.82, 2.24) is 0 Å². The van der Waals surface area contributed by atoms with Gasteiger partial charge in [-0.15, -0.1) is 0 Å².